The van der Waals surface area contributed by atoms with Gasteiger partial charge in [-0.25, -0.2) is 13.4 Å². The van der Waals surface area contributed by atoms with E-state index in [1.165, 1.54) is 29.1 Å². The van der Waals surface area contributed by atoms with Gasteiger partial charge in [-0.1, -0.05) is 6.07 Å². The van der Waals surface area contributed by atoms with Crippen molar-refractivity contribution in [1.29, 1.82) is 5.26 Å². The third-order valence-corrected chi connectivity index (χ3v) is 6.13. The molecule has 0 unspecified atom stereocenters. The highest BCUT2D eigenvalue weighted by Gasteiger charge is 2.24. The highest BCUT2D eigenvalue weighted by Crippen LogP contribution is 2.26. The molecule has 0 saturated heterocycles. The molecule has 0 amide bonds. The van der Waals surface area contributed by atoms with Gasteiger partial charge in [0.15, 0.2) is 15.7 Å². The minimum absolute atomic E-state index is 0.0172. The van der Waals surface area contributed by atoms with E-state index in [0.717, 1.165) is 6.26 Å². The molecule has 0 aliphatic carbocycles. The lowest BCUT2D eigenvalue weighted by Crippen LogP contribution is -2.28. The molecule has 34 heavy (non-hydrogen) atoms. The predicted molar refractivity (Wildman–Crippen MR) is 126 cm³/mol. The van der Waals surface area contributed by atoms with Crippen LogP contribution in [0.3, 0.4) is 0 Å². The Balaban J connectivity index is 2.00. The zero-order chi connectivity index (χ0) is 24.6. The van der Waals surface area contributed by atoms with Crippen LogP contribution in [0.5, 0.6) is 0 Å². The minimum atomic E-state index is -3.72. The highest BCUT2D eigenvalue weighted by molar-refractivity contribution is 7.91. The summed E-state index contributed by atoms with van der Waals surface area (Å²) in [6.07, 6.45) is 4.02. The molecule has 1 atom stereocenters. The van der Waals surface area contributed by atoms with Crippen LogP contribution in [0.1, 0.15) is 24.4 Å². The number of sulfone groups is 1. The monoisotopic (exact) mass is 477 g/mol. The van der Waals surface area contributed by atoms with Crippen molar-refractivity contribution in [2.24, 2.45) is 0 Å². The Morgan fingerprint density at radius 3 is 2.56 bits per heavy atom. The molecule has 0 spiro atoms. The molecular weight excluding hydrogens is 458 g/mol. The van der Waals surface area contributed by atoms with E-state index in [1.807, 2.05) is 6.07 Å². The molecule has 0 radical (unpaired) electrons. The molecule has 0 fully saturated rings. The van der Waals surface area contributed by atoms with E-state index in [1.54, 1.807) is 25.1 Å². The van der Waals surface area contributed by atoms with Gasteiger partial charge in [-0.05, 0) is 31.2 Å². The van der Waals surface area contributed by atoms with Gasteiger partial charge in [-0.15, -0.1) is 0 Å². The summed E-state index contributed by atoms with van der Waals surface area (Å²) in [5, 5.41) is 12.4. The van der Waals surface area contributed by atoms with Crippen LogP contribution in [0, 0.1) is 11.3 Å². The summed E-state index contributed by atoms with van der Waals surface area (Å²) in [5.74, 6) is 0.0477. The van der Waals surface area contributed by atoms with E-state index in [4.69, 9.17) is 11.5 Å². The van der Waals surface area contributed by atoms with E-state index < -0.39 is 21.4 Å². The number of aromatic nitrogens is 5. The summed E-state index contributed by atoms with van der Waals surface area (Å²) in [4.78, 5) is 30.1. The Morgan fingerprint density at radius 2 is 1.91 bits per heavy atom. The van der Waals surface area contributed by atoms with Gasteiger partial charge in [-0.2, -0.15) is 15.2 Å². The van der Waals surface area contributed by atoms with E-state index in [9.17, 15) is 18.5 Å². The molecule has 0 aliphatic heterocycles. The number of nitrogens with two attached hydrogens (primary N) is 2. The average molecular weight is 478 g/mol. The van der Waals surface area contributed by atoms with E-state index in [0.29, 0.717) is 5.69 Å². The number of anilines is 3. The Hall–Kier alpha value is -4.57. The number of nitrogens with one attached hydrogen (secondary N) is 1. The number of fused-ring (bicyclic) bond motifs is 1. The Morgan fingerprint density at radius 1 is 1.15 bits per heavy atom. The first-order valence-corrected chi connectivity index (χ1v) is 11.8. The molecule has 0 bridgehead atoms. The van der Waals surface area contributed by atoms with Gasteiger partial charge in [0.2, 0.25) is 5.95 Å². The van der Waals surface area contributed by atoms with Gasteiger partial charge in [0, 0.05) is 12.5 Å². The lowest BCUT2D eigenvalue weighted by atomic mass is 10.2. The largest absolute Gasteiger partial charge is 0.382 e. The van der Waals surface area contributed by atoms with E-state index in [-0.39, 0.29) is 44.8 Å². The van der Waals surface area contributed by atoms with Crippen LogP contribution in [0.15, 0.2) is 52.4 Å². The number of hydrogen-bond acceptors (Lipinski definition) is 11. The van der Waals surface area contributed by atoms with Crippen LogP contribution in [0.4, 0.5) is 17.6 Å². The zero-order valence-corrected chi connectivity index (χ0v) is 18.9. The Kier molecular flexibility index (Phi) is 5.60. The lowest BCUT2D eigenvalue weighted by Gasteiger charge is -2.21. The predicted octanol–water partition coefficient (Wildman–Crippen LogP) is 1.18. The van der Waals surface area contributed by atoms with Gasteiger partial charge in [-0.3, -0.25) is 14.3 Å². The normalized spacial score (nSPS) is 12.3. The van der Waals surface area contributed by atoms with Gasteiger partial charge >= 0.3 is 0 Å². The number of hydrogen-bond donors (Lipinski definition) is 3. The Labute approximate surface area is 193 Å². The maximum Gasteiger partial charge on any atom is 0.267 e. The van der Waals surface area contributed by atoms with Crippen molar-refractivity contribution >= 4 is 38.3 Å². The molecule has 4 aromatic rings. The van der Waals surface area contributed by atoms with Crippen molar-refractivity contribution in [3.8, 4) is 11.8 Å². The first-order valence-electron chi connectivity index (χ1n) is 9.87. The van der Waals surface area contributed by atoms with Crippen LogP contribution < -0.4 is 22.3 Å². The molecule has 5 N–H and O–H groups in total. The quantitative estimate of drug-likeness (QED) is 0.373. The fourth-order valence-electron chi connectivity index (χ4n) is 3.53. The van der Waals surface area contributed by atoms with Crippen LogP contribution in [0.2, 0.25) is 0 Å². The van der Waals surface area contributed by atoms with Crippen molar-refractivity contribution in [1.82, 2.24) is 24.5 Å². The van der Waals surface area contributed by atoms with Crippen LogP contribution in [0.25, 0.3) is 16.6 Å². The van der Waals surface area contributed by atoms with Crippen molar-refractivity contribution in [3.05, 3.63) is 64.5 Å². The maximum atomic E-state index is 13.7. The molecule has 3 aromatic heterocycles. The fraction of sp³-hybridized carbons (Fsp3) is 0.143. The fourth-order valence-corrected chi connectivity index (χ4v) is 4.42. The van der Waals surface area contributed by atoms with Crippen molar-refractivity contribution in [3.63, 3.8) is 0 Å². The molecule has 0 aliphatic rings. The summed E-state index contributed by atoms with van der Waals surface area (Å²) < 4.78 is 26.0. The molecule has 3 heterocycles. The lowest BCUT2D eigenvalue weighted by molar-refractivity contribution is 0.602. The number of pyridine rings is 1. The molecule has 12 nitrogen and oxygen atoms in total. The number of nitriles is 1. The summed E-state index contributed by atoms with van der Waals surface area (Å²) in [6.45, 7) is 1.69. The second-order valence-electron chi connectivity index (χ2n) is 7.41. The van der Waals surface area contributed by atoms with Crippen molar-refractivity contribution < 1.29 is 8.42 Å². The first kappa shape index (κ1) is 22.6. The topological polar surface area (TPSA) is 196 Å². The molecule has 4 rings (SSSR count). The second-order valence-corrected chi connectivity index (χ2v) is 9.40. The Bertz CT molecular complexity index is 1630. The van der Waals surface area contributed by atoms with Crippen LogP contribution in [-0.2, 0) is 9.84 Å². The number of benzene rings is 1. The minimum Gasteiger partial charge on any atom is -0.382 e. The third kappa shape index (κ3) is 3.97. The summed E-state index contributed by atoms with van der Waals surface area (Å²) in [5.41, 5.74) is 11.4. The smallest absolute Gasteiger partial charge is 0.267 e. The van der Waals surface area contributed by atoms with Gasteiger partial charge in [0.05, 0.1) is 33.7 Å². The van der Waals surface area contributed by atoms with Crippen LogP contribution in [-0.4, -0.2) is 39.2 Å². The first-order chi connectivity index (χ1) is 16.1. The second kappa shape index (κ2) is 8.41. The SMILES string of the molecule is C[C@H](Nc1nc(N)nc(N)c1C#N)c1nc2cccc(S(C)(=O)=O)c2c(=O)n1-c1cccnc1. The van der Waals surface area contributed by atoms with Gasteiger partial charge in [0.1, 0.15) is 23.3 Å². The summed E-state index contributed by atoms with van der Waals surface area (Å²) in [7, 11) is -3.72. The van der Waals surface area contributed by atoms with Crippen molar-refractivity contribution in [2.75, 3.05) is 23.0 Å². The van der Waals surface area contributed by atoms with Crippen LogP contribution >= 0.6 is 0 Å². The zero-order valence-electron chi connectivity index (χ0n) is 18.1. The number of rotatable bonds is 5. The summed E-state index contributed by atoms with van der Waals surface area (Å²) >= 11 is 0. The van der Waals surface area contributed by atoms with E-state index >= 15 is 0 Å². The molecular formula is C21H19N9O3S. The molecule has 0 saturated carbocycles. The van der Waals surface area contributed by atoms with Crippen molar-refractivity contribution in [2.45, 2.75) is 17.9 Å². The maximum absolute atomic E-state index is 13.7. The summed E-state index contributed by atoms with van der Waals surface area (Å²) in [6, 6.07) is 8.92. The molecule has 172 valence electrons. The third-order valence-electron chi connectivity index (χ3n) is 5.00. The molecule has 13 heteroatoms. The average Bonchev–Trinajstić information content (AvgIpc) is 2.78. The van der Waals surface area contributed by atoms with Gasteiger partial charge < -0.3 is 16.8 Å². The number of nitrogens with zero attached hydrogens (tertiary/aromatic N) is 6. The standard InChI is InChI=1S/C21H19N9O3S/c1-11(26-18-13(9-22)17(23)28-21(24)29-18)19-27-14-6-3-7-15(34(2,32)33)16(14)20(31)30(19)12-5-4-8-25-10-12/h3-8,10-11H,1-2H3,(H5,23,24,26,28,29)/t11-/m0/s1. The number of nitrogen functional groups attached to an aromatic ring is 2. The van der Waals surface area contributed by atoms with Gasteiger partial charge in [0.25, 0.3) is 5.56 Å². The highest BCUT2D eigenvalue weighted by atomic mass is 32.2. The molecule has 1 aromatic carbocycles. The van der Waals surface area contributed by atoms with E-state index in [2.05, 4.69) is 25.3 Å².